The lowest BCUT2D eigenvalue weighted by Crippen LogP contribution is -2.44. The predicted molar refractivity (Wildman–Crippen MR) is 93.2 cm³/mol. The average molecular weight is 395 g/mol. The summed E-state index contributed by atoms with van der Waals surface area (Å²) in [6, 6.07) is 4.17. The van der Waals surface area contributed by atoms with Gasteiger partial charge in [-0.3, -0.25) is 4.79 Å². The highest BCUT2D eigenvalue weighted by Crippen LogP contribution is 2.34. The molecule has 0 aromatic heterocycles. The number of nitrogens with one attached hydrogen (secondary N) is 1. The number of likely N-dealkylation sites (tertiary alicyclic amines) is 1. The van der Waals surface area contributed by atoms with Crippen molar-refractivity contribution in [2.24, 2.45) is 5.92 Å². The Morgan fingerprint density at radius 3 is 2.50 bits per heavy atom. The van der Waals surface area contributed by atoms with E-state index in [0.717, 1.165) is 25.9 Å². The Hall–Kier alpha value is -1.34. The molecule has 2 aliphatic heterocycles. The summed E-state index contributed by atoms with van der Waals surface area (Å²) in [5, 5.41) is 3.21. The van der Waals surface area contributed by atoms with Crippen LogP contribution in [0.3, 0.4) is 0 Å². The molecule has 3 nitrogen and oxygen atoms in total. The van der Waals surface area contributed by atoms with Crippen molar-refractivity contribution in [2.45, 2.75) is 37.8 Å². The van der Waals surface area contributed by atoms with E-state index in [-0.39, 0.29) is 42.7 Å². The molecule has 0 radical (unpaired) electrons. The zero-order valence-corrected chi connectivity index (χ0v) is 15.1. The molecule has 0 aliphatic carbocycles. The summed E-state index contributed by atoms with van der Waals surface area (Å²) in [5.41, 5.74) is 0.773. The standard InChI is InChI=1S/C18H22F4N2O.ClH/c19-16-4-3-13(10-15(16)12-5-7-23-8-6-12)17(25)24-9-1-2-14(11-24)18(20,21)22;/h3-4,10,12,14,23H,1-2,5-9,11H2;1H. The van der Waals surface area contributed by atoms with Gasteiger partial charge in [-0.1, -0.05) is 0 Å². The van der Waals surface area contributed by atoms with E-state index in [1.54, 1.807) is 0 Å². The second-order valence-corrected chi connectivity index (χ2v) is 6.89. The molecule has 1 unspecified atom stereocenters. The third-order valence-corrected chi connectivity index (χ3v) is 5.19. The molecule has 2 heterocycles. The Bertz CT molecular complexity index is 632. The SMILES string of the molecule is Cl.O=C(c1ccc(F)c(C2CCNCC2)c1)N1CCCC(C(F)(F)F)C1. The molecule has 26 heavy (non-hydrogen) atoms. The van der Waals surface area contributed by atoms with Crippen molar-refractivity contribution in [2.75, 3.05) is 26.2 Å². The maximum atomic E-state index is 14.2. The second kappa shape index (κ2) is 8.57. The van der Waals surface area contributed by atoms with Gasteiger partial charge in [-0.05, 0) is 68.5 Å². The van der Waals surface area contributed by atoms with Gasteiger partial charge in [0.15, 0.2) is 0 Å². The van der Waals surface area contributed by atoms with Crippen LogP contribution in [0.2, 0.25) is 0 Å². The number of carbonyl (C=O) groups excluding carboxylic acids is 1. The second-order valence-electron chi connectivity index (χ2n) is 6.89. The molecule has 0 bridgehead atoms. The summed E-state index contributed by atoms with van der Waals surface area (Å²) in [6.45, 7) is 1.58. The molecule has 0 saturated carbocycles. The first kappa shape index (κ1) is 21.0. The molecule has 1 amide bonds. The number of halogens is 5. The van der Waals surface area contributed by atoms with Crippen LogP contribution in [0.4, 0.5) is 17.6 Å². The van der Waals surface area contributed by atoms with Crippen LogP contribution >= 0.6 is 12.4 Å². The highest BCUT2D eigenvalue weighted by Gasteiger charge is 2.42. The van der Waals surface area contributed by atoms with Crippen molar-refractivity contribution in [1.82, 2.24) is 10.2 Å². The Morgan fingerprint density at radius 2 is 1.85 bits per heavy atom. The van der Waals surface area contributed by atoms with Crippen LogP contribution in [-0.2, 0) is 0 Å². The molecule has 0 spiro atoms. The fourth-order valence-electron chi connectivity index (χ4n) is 3.73. The summed E-state index contributed by atoms with van der Waals surface area (Å²) >= 11 is 0. The fraction of sp³-hybridized carbons (Fsp3) is 0.611. The molecular weight excluding hydrogens is 372 g/mol. The number of alkyl halides is 3. The highest BCUT2D eigenvalue weighted by molar-refractivity contribution is 5.94. The number of carbonyl (C=O) groups is 1. The maximum absolute atomic E-state index is 14.2. The van der Waals surface area contributed by atoms with Crippen LogP contribution in [0.15, 0.2) is 18.2 Å². The van der Waals surface area contributed by atoms with Crippen molar-refractivity contribution in [1.29, 1.82) is 0 Å². The van der Waals surface area contributed by atoms with Gasteiger partial charge >= 0.3 is 6.18 Å². The topological polar surface area (TPSA) is 32.3 Å². The number of nitrogens with zero attached hydrogens (tertiary/aromatic N) is 1. The van der Waals surface area contributed by atoms with E-state index in [9.17, 15) is 22.4 Å². The van der Waals surface area contributed by atoms with Crippen molar-refractivity contribution in [3.05, 3.63) is 35.1 Å². The van der Waals surface area contributed by atoms with Crippen LogP contribution in [-0.4, -0.2) is 43.2 Å². The number of piperidine rings is 2. The normalized spacial score (nSPS) is 22.0. The molecule has 2 fully saturated rings. The summed E-state index contributed by atoms with van der Waals surface area (Å²) in [7, 11) is 0. The molecule has 3 rings (SSSR count). The number of benzene rings is 1. The molecule has 1 N–H and O–H groups in total. The van der Waals surface area contributed by atoms with Gasteiger partial charge < -0.3 is 10.2 Å². The third kappa shape index (κ3) is 4.68. The van der Waals surface area contributed by atoms with Gasteiger partial charge in [0.05, 0.1) is 5.92 Å². The van der Waals surface area contributed by atoms with Crippen LogP contribution in [0, 0.1) is 11.7 Å². The Kier molecular flexibility index (Phi) is 6.91. The number of hydrogen-bond acceptors (Lipinski definition) is 2. The van der Waals surface area contributed by atoms with Crippen molar-refractivity contribution < 1.29 is 22.4 Å². The van der Waals surface area contributed by atoms with Gasteiger partial charge in [-0.15, -0.1) is 12.4 Å². The van der Waals surface area contributed by atoms with Crippen molar-refractivity contribution in [3.8, 4) is 0 Å². The largest absolute Gasteiger partial charge is 0.393 e. The Morgan fingerprint density at radius 1 is 1.15 bits per heavy atom. The minimum Gasteiger partial charge on any atom is -0.338 e. The molecule has 8 heteroatoms. The lowest BCUT2D eigenvalue weighted by molar-refractivity contribution is -0.184. The monoisotopic (exact) mass is 394 g/mol. The van der Waals surface area contributed by atoms with E-state index in [1.807, 2.05) is 0 Å². The van der Waals surface area contributed by atoms with Crippen LogP contribution < -0.4 is 5.32 Å². The van der Waals surface area contributed by atoms with Crippen molar-refractivity contribution in [3.63, 3.8) is 0 Å². The number of amides is 1. The van der Waals surface area contributed by atoms with E-state index in [4.69, 9.17) is 0 Å². The first-order valence-electron chi connectivity index (χ1n) is 8.72. The first-order valence-corrected chi connectivity index (χ1v) is 8.72. The molecule has 2 aliphatic rings. The van der Waals surface area contributed by atoms with Gasteiger partial charge in [-0.2, -0.15) is 13.2 Å². The van der Waals surface area contributed by atoms with E-state index in [2.05, 4.69) is 5.32 Å². The third-order valence-electron chi connectivity index (χ3n) is 5.19. The number of hydrogen-bond donors (Lipinski definition) is 1. The number of rotatable bonds is 2. The van der Waals surface area contributed by atoms with E-state index in [1.165, 1.54) is 23.1 Å². The van der Waals surface area contributed by atoms with E-state index < -0.39 is 18.0 Å². The average Bonchev–Trinajstić information content (AvgIpc) is 2.62. The fourth-order valence-corrected chi connectivity index (χ4v) is 3.73. The summed E-state index contributed by atoms with van der Waals surface area (Å²) in [5.74, 6) is -2.23. The molecule has 1 aromatic carbocycles. The molecule has 1 atom stereocenters. The molecule has 2 saturated heterocycles. The summed E-state index contributed by atoms with van der Waals surface area (Å²) in [4.78, 5) is 13.9. The van der Waals surface area contributed by atoms with Crippen LogP contribution in [0.5, 0.6) is 0 Å². The Labute approximate surface area is 156 Å². The lowest BCUT2D eigenvalue weighted by Gasteiger charge is -2.34. The minimum absolute atomic E-state index is 0. The Balaban J connectivity index is 0.00000243. The van der Waals surface area contributed by atoms with E-state index >= 15 is 0 Å². The zero-order valence-electron chi connectivity index (χ0n) is 14.3. The summed E-state index contributed by atoms with van der Waals surface area (Å²) in [6.07, 6.45) is -2.33. The van der Waals surface area contributed by atoms with Gasteiger partial charge in [0, 0.05) is 18.7 Å². The van der Waals surface area contributed by atoms with Gasteiger partial charge in [0.1, 0.15) is 5.82 Å². The van der Waals surface area contributed by atoms with Crippen LogP contribution in [0.1, 0.15) is 47.5 Å². The smallest absolute Gasteiger partial charge is 0.338 e. The summed E-state index contributed by atoms with van der Waals surface area (Å²) < 4.78 is 53.0. The van der Waals surface area contributed by atoms with Crippen LogP contribution in [0.25, 0.3) is 0 Å². The zero-order chi connectivity index (χ0) is 18.0. The maximum Gasteiger partial charge on any atom is 0.393 e. The van der Waals surface area contributed by atoms with Gasteiger partial charge in [-0.25, -0.2) is 4.39 Å². The molecule has 1 aromatic rings. The van der Waals surface area contributed by atoms with Gasteiger partial charge in [0.2, 0.25) is 0 Å². The molecular formula is C18H23ClF4N2O. The quantitative estimate of drug-likeness (QED) is 0.765. The minimum atomic E-state index is -4.29. The van der Waals surface area contributed by atoms with Crippen molar-refractivity contribution >= 4 is 18.3 Å². The predicted octanol–water partition coefficient (Wildman–Crippen LogP) is 4.13. The highest BCUT2D eigenvalue weighted by atomic mass is 35.5. The first-order chi connectivity index (χ1) is 11.9. The lowest BCUT2D eigenvalue weighted by atomic mass is 9.88. The molecule has 146 valence electrons. The van der Waals surface area contributed by atoms with E-state index in [0.29, 0.717) is 18.5 Å². The van der Waals surface area contributed by atoms with Gasteiger partial charge in [0.25, 0.3) is 5.91 Å².